The van der Waals surface area contributed by atoms with Crippen LogP contribution in [-0.2, 0) is 6.42 Å². The molecule has 1 heteroatoms. The second kappa shape index (κ2) is 4.26. The van der Waals surface area contributed by atoms with Crippen LogP contribution in [0.15, 0.2) is 48.5 Å². The van der Waals surface area contributed by atoms with E-state index in [1.165, 1.54) is 0 Å². The van der Waals surface area contributed by atoms with E-state index in [-0.39, 0.29) is 5.82 Å². The fourth-order valence-corrected chi connectivity index (χ4v) is 1.66. The standard InChI is InChI=1S/C14H13F/c1-2-11-10-13(8-9-14(11)15)12-6-4-3-5-7-12/h3-10H,2H2,1H3. The maximum Gasteiger partial charge on any atom is 0.126 e. The van der Waals surface area contributed by atoms with Crippen molar-refractivity contribution in [2.45, 2.75) is 13.3 Å². The first kappa shape index (κ1) is 9.91. The zero-order valence-electron chi connectivity index (χ0n) is 8.70. The average molecular weight is 200 g/mol. The second-order valence-corrected chi connectivity index (χ2v) is 3.53. The molecule has 0 spiro atoms. The molecule has 0 N–H and O–H groups in total. The minimum atomic E-state index is -0.114. The van der Waals surface area contributed by atoms with Crippen molar-refractivity contribution in [3.05, 3.63) is 59.9 Å². The lowest BCUT2D eigenvalue weighted by atomic mass is 10.0. The summed E-state index contributed by atoms with van der Waals surface area (Å²) in [5.74, 6) is -0.114. The maximum absolute atomic E-state index is 13.3. The first-order chi connectivity index (χ1) is 7.31. The SMILES string of the molecule is CCc1cc(-c2ccccc2)ccc1F. The van der Waals surface area contributed by atoms with E-state index in [4.69, 9.17) is 0 Å². The predicted octanol–water partition coefficient (Wildman–Crippen LogP) is 4.06. The number of halogens is 1. The monoisotopic (exact) mass is 200 g/mol. The fourth-order valence-electron chi connectivity index (χ4n) is 1.66. The van der Waals surface area contributed by atoms with Gasteiger partial charge in [0.1, 0.15) is 5.82 Å². The van der Waals surface area contributed by atoms with Crippen molar-refractivity contribution < 1.29 is 4.39 Å². The Balaban J connectivity index is 2.46. The van der Waals surface area contributed by atoms with E-state index < -0.39 is 0 Å². The summed E-state index contributed by atoms with van der Waals surface area (Å²) >= 11 is 0. The van der Waals surface area contributed by atoms with E-state index >= 15 is 0 Å². The van der Waals surface area contributed by atoms with Gasteiger partial charge >= 0.3 is 0 Å². The van der Waals surface area contributed by atoms with Gasteiger partial charge < -0.3 is 0 Å². The smallest absolute Gasteiger partial charge is 0.126 e. The Kier molecular flexibility index (Phi) is 2.82. The van der Waals surface area contributed by atoms with Crippen LogP contribution in [0.3, 0.4) is 0 Å². The van der Waals surface area contributed by atoms with Gasteiger partial charge in [-0.25, -0.2) is 4.39 Å². The van der Waals surface area contributed by atoms with Crippen molar-refractivity contribution in [1.82, 2.24) is 0 Å². The predicted molar refractivity (Wildman–Crippen MR) is 61.2 cm³/mol. The molecule has 0 saturated carbocycles. The second-order valence-electron chi connectivity index (χ2n) is 3.53. The van der Waals surface area contributed by atoms with Gasteiger partial charge in [-0.3, -0.25) is 0 Å². The Labute approximate surface area is 89.4 Å². The van der Waals surface area contributed by atoms with Crippen LogP contribution in [0.25, 0.3) is 11.1 Å². The zero-order chi connectivity index (χ0) is 10.7. The van der Waals surface area contributed by atoms with Crippen LogP contribution in [0.4, 0.5) is 4.39 Å². The summed E-state index contributed by atoms with van der Waals surface area (Å²) in [5, 5.41) is 0. The molecule has 0 aliphatic carbocycles. The lowest BCUT2D eigenvalue weighted by Crippen LogP contribution is -1.88. The summed E-state index contributed by atoms with van der Waals surface area (Å²) in [6, 6.07) is 15.3. The highest BCUT2D eigenvalue weighted by atomic mass is 19.1. The molecule has 0 nitrogen and oxygen atoms in total. The third kappa shape index (κ3) is 2.07. The van der Waals surface area contributed by atoms with E-state index in [0.717, 1.165) is 23.1 Å². The quantitative estimate of drug-likeness (QED) is 0.686. The van der Waals surface area contributed by atoms with Crippen LogP contribution >= 0.6 is 0 Å². The van der Waals surface area contributed by atoms with Gasteiger partial charge in [0.25, 0.3) is 0 Å². The molecule has 0 fully saturated rings. The molecule has 0 atom stereocenters. The van der Waals surface area contributed by atoms with Crippen molar-refractivity contribution in [3.63, 3.8) is 0 Å². The van der Waals surface area contributed by atoms with Crippen molar-refractivity contribution in [2.24, 2.45) is 0 Å². The van der Waals surface area contributed by atoms with Gasteiger partial charge in [-0.15, -0.1) is 0 Å². The molecule has 0 aliphatic rings. The Morgan fingerprint density at radius 1 is 0.933 bits per heavy atom. The van der Waals surface area contributed by atoms with Gasteiger partial charge in [-0.05, 0) is 35.2 Å². The summed E-state index contributed by atoms with van der Waals surface area (Å²) in [6.07, 6.45) is 0.729. The third-order valence-electron chi connectivity index (χ3n) is 2.53. The molecule has 2 aromatic rings. The number of aryl methyl sites for hydroxylation is 1. The molecule has 0 bridgehead atoms. The van der Waals surface area contributed by atoms with Crippen molar-refractivity contribution in [1.29, 1.82) is 0 Å². The third-order valence-corrected chi connectivity index (χ3v) is 2.53. The molecule has 0 unspecified atom stereocenters. The maximum atomic E-state index is 13.3. The molecule has 0 aromatic heterocycles. The van der Waals surface area contributed by atoms with Gasteiger partial charge in [0.15, 0.2) is 0 Å². The van der Waals surface area contributed by atoms with Crippen LogP contribution in [0, 0.1) is 5.82 Å². The van der Waals surface area contributed by atoms with Crippen LogP contribution in [0.5, 0.6) is 0 Å². The summed E-state index contributed by atoms with van der Waals surface area (Å²) in [7, 11) is 0. The number of rotatable bonds is 2. The highest BCUT2D eigenvalue weighted by molar-refractivity contribution is 5.64. The molecule has 0 aliphatic heterocycles. The summed E-state index contributed by atoms with van der Waals surface area (Å²) in [5.41, 5.74) is 2.98. The Morgan fingerprint density at radius 3 is 2.33 bits per heavy atom. The first-order valence-corrected chi connectivity index (χ1v) is 5.15. The van der Waals surface area contributed by atoms with E-state index in [1.54, 1.807) is 6.07 Å². The summed E-state index contributed by atoms with van der Waals surface area (Å²) in [6.45, 7) is 1.97. The topological polar surface area (TPSA) is 0 Å². The van der Waals surface area contributed by atoms with Crippen molar-refractivity contribution >= 4 is 0 Å². The van der Waals surface area contributed by atoms with E-state index in [9.17, 15) is 4.39 Å². The molecule has 15 heavy (non-hydrogen) atoms. The lowest BCUT2D eigenvalue weighted by molar-refractivity contribution is 0.612. The normalized spacial score (nSPS) is 10.3. The van der Waals surface area contributed by atoms with E-state index in [1.807, 2.05) is 49.4 Å². The number of benzene rings is 2. The lowest BCUT2D eigenvalue weighted by Gasteiger charge is -2.05. The van der Waals surface area contributed by atoms with Crippen LogP contribution in [-0.4, -0.2) is 0 Å². The highest BCUT2D eigenvalue weighted by Crippen LogP contribution is 2.21. The number of hydrogen-bond acceptors (Lipinski definition) is 0. The molecular weight excluding hydrogens is 187 g/mol. The Morgan fingerprint density at radius 2 is 1.67 bits per heavy atom. The molecule has 0 saturated heterocycles. The Hall–Kier alpha value is -1.63. The fraction of sp³-hybridized carbons (Fsp3) is 0.143. The van der Waals surface area contributed by atoms with Crippen molar-refractivity contribution in [2.75, 3.05) is 0 Å². The molecule has 76 valence electrons. The van der Waals surface area contributed by atoms with Gasteiger partial charge in [-0.1, -0.05) is 43.3 Å². The van der Waals surface area contributed by atoms with Crippen LogP contribution in [0.1, 0.15) is 12.5 Å². The summed E-state index contributed by atoms with van der Waals surface area (Å²) in [4.78, 5) is 0. The molecule has 0 radical (unpaired) electrons. The average Bonchev–Trinajstić information content (AvgIpc) is 2.31. The van der Waals surface area contributed by atoms with E-state index in [0.29, 0.717) is 0 Å². The molecule has 0 heterocycles. The van der Waals surface area contributed by atoms with Crippen LogP contribution < -0.4 is 0 Å². The minimum Gasteiger partial charge on any atom is -0.207 e. The Bertz CT molecular complexity index is 446. The van der Waals surface area contributed by atoms with Crippen molar-refractivity contribution in [3.8, 4) is 11.1 Å². The molecule has 2 rings (SSSR count). The van der Waals surface area contributed by atoms with Gasteiger partial charge in [0.2, 0.25) is 0 Å². The number of hydrogen-bond donors (Lipinski definition) is 0. The first-order valence-electron chi connectivity index (χ1n) is 5.15. The van der Waals surface area contributed by atoms with Gasteiger partial charge in [-0.2, -0.15) is 0 Å². The van der Waals surface area contributed by atoms with Crippen LogP contribution in [0.2, 0.25) is 0 Å². The minimum absolute atomic E-state index is 0.114. The summed E-state index contributed by atoms with van der Waals surface area (Å²) < 4.78 is 13.3. The van der Waals surface area contributed by atoms with Gasteiger partial charge in [0, 0.05) is 0 Å². The molecule has 2 aromatic carbocycles. The van der Waals surface area contributed by atoms with Gasteiger partial charge in [0.05, 0.1) is 0 Å². The highest BCUT2D eigenvalue weighted by Gasteiger charge is 2.02. The zero-order valence-corrected chi connectivity index (χ0v) is 8.70. The molecule has 0 amide bonds. The molecular formula is C14H13F. The van der Waals surface area contributed by atoms with E-state index in [2.05, 4.69) is 0 Å². The largest absolute Gasteiger partial charge is 0.207 e.